The van der Waals surface area contributed by atoms with Crippen LogP contribution in [0, 0.1) is 0 Å². The van der Waals surface area contributed by atoms with Crippen molar-refractivity contribution in [3.8, 4) is 11.5 Å². The van der Waals surface area contributed by atoms with Crippen LogP contribution >= 0.6 is 34.9 Å². The lowest BCUT2D eigenvalue weighted by Crippen LogP contribution is -2.71. The van der Waals surface area contributed by atoms with E-state index in [-0.39, 0.29) is 45.2 Å². The summed E-state index contributed by atoms with van der Waals surface area (Å²) in [5.74, 6) is -2.76. The summed E-state index contributed by atoms with van der Waals surface area (Å²) in [6, 6.07) is 1.66. The minimum atomic E-state index is -1.27. The van der Waals surface area contributed by atoms with Gasteiger partial charge in [-0.25, -0.2) is 19.7 Å². The minimum absolute atomic E-state index is 0.154. The number of rotatable bonds is 8. The molecule has 17 heteroatoms. The van der Waals surface area contributed by atoms with Crippen molar-refractivity contribution in [2.24, 2.45) is 5.16 Å². The summed E-state index contributed by atoms with van der Waals surface area (Å²) in [5.41, 5.74) is 6.40. The second-order valence-electron chi connectivity index (χ2n) is 8.14. The number of thioether (sulfide) groups is 2. The SMILES string of the molecule is CO/N=C(\C(=O)NC1C(=O)N2C(C(=O)O)=C(CSc3ncnc4cc(O)c(O)cc34)CS[C@H]12)c1csc(N)n1. The molecule has 0 aliphatic carbocycles. The summed E-state index contributed by atoms with van der Waals surface area (Å²) in [5, 5.41) is 38.0. The summed E-state index contributed by atoms with van der Waals surface area (Å²) in [4.78, 5) is 56.4. The van der Waals surface area contributed by atoms with Crippen LogP contribution in [0.5, 0.6) is 11.5 Å². The number of nitrogens with two attached hydrogens (primary N) is 1. The highest BCUT2D eigenvalue weighted by molar-refractivity contribution is 8.01. The fraction of sp³-hybridized carbons (Fsp3) is 0.227. The first-order chi connectivity index (χ1) is 18.7. The van der Waals surface area contributed by atoms with Crippen molar-refractivity contribution in [3.05, 3.63) is 40.8 Å². The molecule has 1 saturated heterocycles. The quantitative estimate of drug-likeness (QED) is 0.0619. The number of fused-ring (bicyclic) bond motifs is 2. The number of aliphatic carboxylic acids is 1. The van der Waals surface area contributed by atoms with Crippen LogP contribution in [-0.4, -0.2) is 88.7 Å². The lowest BCUT2D eigenvalue weighted by atomic mass is 10.0. The first kappa shape index (κ1) is 26.5. The van der Waals surface area contributed by atoms with E-state index in [2.05, 4.69) is 25.4 Å². The van der Waals surface area contributed by atoms with Gasteiger partial charge in [0.05, 0.1) is 5.52 Å². The molecule has 1 unspecified atom stereocenters. The fourth-order valence-corrected chi connectivity index (χ4v) is 7.04. The third kappa shape index (κ3) is 4.90. The van der Waals surface area contributed by atoms with Gasteiger partial charge in [0, 0.05) is 28.3 Å². The summed E-state index contributed by atoms with van der Waals surface area (Å²) >= 11 is 3.63. The number of aromatic hydroxyl groups is 2. The number of carbonyl (C=O) groups excluding carboxylic acids is 2. The number of nitrogens with one attached hydrogen (secondary N) is 1. The Hall–Kier alpha value is -4.09. The largest absolute Gasteiger partial charge is 0.504 e. The van der Waals surface area contributed by atoms with Gasteiger partial charge in [0.1, 0.15) is 41.3 Å². The highest BCUT2D eigenvalue weighted by Crippen LogP contribution is 2.42. The van der Waals surface area contributed by atoms with E-state index in [1.807, 2.05) is 0 Å². The number of nitrogens with zero attached hydrogens (tertiary/aromatic N) is 5. The third-order valence-electron chi connectivity index (χ3n) is 5.78. The van der Waals surface area contributed by atoms with E-state index in [1.165, 1.54) is 54.5 Å². The monoisotopic (exact) mass is 589 g/mol. The van der Waals surface area contributed by atoms with Gasteiger partial charge in [-0.05, 0) is 11.6 Å². The van der Waals surface area contributed by atoms with Crippen molar-refractivity contribution in [1.82, 2.24) is 25.2 Å². The molecule has 4 heterocycles. The molecule has 3 aromatic rings. The molecule has 202 valence electrons. The minimum Gasteiger partial charge on any atom is -0.504 e. The number of oxime groups is 1. The van der Waals surface area contributed by atoms with E-state index in [1.54, 1.807) is 0 Å². The van der Waals surface area contributed by atoms with E-state index in [4.69, 9.17) is 10.6 Å². The van der Waals surface area contributed by atoms with Gasteiger partial charge in [0.2, 0.25) is 0 Å². The number of anilines is 1. The molecular weight excluding hydrogens is 570 g/mol. The first-order valence-corrected chi connectivity index (χ1v) is 13.9. The number of aromatic nitrogens is 3. The summed E-state index contributed by atoms with van der Waals surface area (Å²) in [7, 11) is 1.26. The van der Waals surface area contributed by atoms with E-state index >= 15 is 0 Å². The zero-order valence-corrected chi connectivity index (χ0v) is 22.3. The molecule has 2 aliphatic rings. The van der Waals surface area contributed by atoms with E-state index in [0.717, 1.165) is 16.2 Å². The van der Waals surface area contributed by atoms with Crippen LogP contribution in [0.1, 0.15) is 5.69 Å². The Bertz CT molecular complexity index is 1570. The summed E-state index contributed by atoms with van der Waals surface area (Å²) < 4.78 is 0. The number of benzene rings is 1. The molecule has 1 aromatic carbocycles. The normalized spacial score (nSPS) is 19.1. The van der Waals surface area contributed by atoms with Gasteiger partial charge >= 0.3 is 5.97 Å². The predicted molar refractivity (Wildman–Crippen MR) is 143 cm³/mol. The molecular formula is C22H19N7O7S3. The lowest BCUT2D eigenvalue weighted by molar-refractivity contribution is -0.150. The number of β-lactam (4-membered cyclic amide) rings is 1. The Labute approximate surface area is 232 Å². The highest BCUT2D eigenvalue weighted by Gasteiger charge is 2.54. The number of hydrogen-bond acceptors (Lipinski definition) is 14. The van der Waals surface area contributed by atoms with Gasteiger partial charge in [0.15, 0.2) is 22.3 Å². The maximum atomic E-state index is 13.0. The Balaban J connectivity index is 1.34. The van der Waals surface area contributed by atoms with E-state index in [9.17, 15) is 29.7 Å². The van der Waals surface area contributed by atoms with Crippen LogP contribution in [0.2, 0.25) is 0 Å². The van der Waals surface area contributed by atoms with Gasteiger partial charge in [-0.3, -0.25) is 14.5 Å². The molecule has 0 bridgehead atoms. The molecule has 0 saturated carbocycles. The van der Waals surface area contributed by atoms with Gasteiger partial charge in [-0.15, -0.1) is 34.9 Å². The highest BCUT2D eigenvalue weighted by atomic mass is 32.2. The second-order valence-corrected chi connectivity index (χ2v) is 11.1. The number of amides is 2. The van der Waals surface area contributed by atoms with Crippen LogP contribution in [0.25, 0.3) is 10.9 Å². The average molecular weight is 590 g/mol. The fourth-order valence-electron chi connectivity index (χ4n) is 4.02. The van der Waals surface area contributed by atoms with Crippen molar-refractivity contribution >= 4 is 74.4 Å². The number of phenols is 2. The zero-order chi connectivity index (χ0) is 27.8. The number of carboxylic acid groups (broad SMARTS) is 1. The molecule has 5 rings (SSSR count). The number of carbonyl (C=O) groups is 3. The lowest BCUT2D eigenvalue weighted by Gasteiger charge is -2.49. The summed E-state index contributed by atoms with van der Waals surface area (Å²) in [6.07, 6.45) is 1.30. The maximum Gasteiger partial charge on any atom is 0.352 e. The van der Waals surface area contributed by atoms with Crippen LogP contribution in [0.3, 0.4) is 0 Å². The molecule has 1 fully saturated rings. The Morgan fingerprint density at radius 3 is 2.77 bits per heavy atom. The van der Waals surface area contributed by atoms with Gasteiger partial charge in [-0.2, -0.15) is 0 Å². The predicted octanol–water partition coefficient (Wildman–Crippen LogP) is 0.961. The smallest absolute Gasteiger partial charge is 0.352 e. The van der Waals surface area contributed by atoms with Crippen molar-refractivity contribution in [2.45, 2.75) is 16.4 Å². The molecule has 2 aromatic heterocycles. The first-order valence-electron chi connectivity index (χ1n) is 11.0. The van der Waals surface area contributed by atoms with Gasteiger partial charge in [0.25, 0.3) is 11.8 Å². The van der Waals surface area contributed by atoms with Crippen LogP contribution < -0.4 is 11.1 Å². The standard InChI is InChI=1S/C22H19N7O7S3/c1-36-28-14(11-6-39-22(23)26-11)17(32)27-15-19(33)29-16(21(34)35)8(5-38-20(15)29)4-37-18-9-2-12(30)13(31)3-10(9)24-7-25-18/h2-3,6-7,15,20,30-31H,4-5H2,1H3,(H2,23,26)(H,27,32)(H,34,35)/b28-14-/t15?,20-/m1/s1. The molecule has 2 atom stereocenters. The van der Waals surface area contributed by atoms with Crippen molar-refractivity contribution in [1.29, 1.82) is 0 Å². The molecule has 6 N–H and O–H groups in total. The van der Waals surface area contributed by atoms with Crippen molar-refractivity contribution < 1.29 is 34.5 Å². The number of phenolic OH excluding ortho intramolecular Hbond substituents is 2. The second kappa shape index (κ2) is 10.6. The summed E-state index contributed by atoms with van der Waals surface area (Å²) in [6.45, 7) is 0. The molecule has 0 spiro atoms. The van der Waals surface area contributed by atoms with Gasteiger partial charge < -0.3 is 31.2 Å². The van der Waals surface area contributed by atoms with Crippen LogP contribution in [0.15, 0.2) is 45.3 Å². The zero-order valence-electron chi connectivity index (χ0n) is 19.9. The van der Waals surface area contributed by atoms with Crippen molar-refractivity contribution in [3.63, 3.8) is 0 Å². The maximum absolute atomic E-state index is 13.0. The number of thiazole rings is 1. The third-order valence-corrected chi connectivity index (χ3v) is 8.88. The molecule has 39 heavy (non-hydrogen) atoms. The van der Waals surface area contributed by atoms with Gasteiger partial charge in [-0.1, -0.05) is 5.16 Å². The molecule has 0 radical (unpaired) electrons. The molecule has 14 nitrogen and oxygen atoms in total. The van der Waals surface area contributed by atoms with E-state index < -0.39 is 29.2 Å². The number of nitrogen functional groups attached to an aromatic ring is 1. The molecule has 2 amide bonds. The number of carboxylic acids is 1. The van der Waals surface area contributed by atoms with Crippen molar-refractivity contribution in [2.75, 3.05) is 24.3 Å². The molecule has 2 aliphatic heterocycles. The van der Waals surface area contributed by atoms with Crippen LogP contribution in [-0.2, 0) is 19.2 Å². The van der Waals surface area contributed by atoms with Crippen LogP contribution in [0.4, 0.5) is 5.13 Å². The Kier molecular flexibility index (Phi) is 7.19. The Morgan fingerprint density at radius 1 is 1.31 bits per heavy atom. The topological polar surface area (TPSA) is 213 Å². The Morgan fingerprint density at radius 2 is 2.08 bits per heavy atom. The average Bonchev–Trinajstić information content (AvgIpc) is 3.34. The number of hydrogen-bond donors (Lipinski definition) is 5. The van der Waals surface area contributed by atoms with E-state index in [0.29, 0.717) is 21.5 Å².